The lowest BCUT2D eigenvalue weighted by molar-refractivity contribution is 0.0374. The molecule has 32 heavy (non-hydrogen) atoms. The maximum absolute atomic E-state index is 6.10. The molecule has 0 unspecified atom stereocenters. The summed E-state index contributed by atoms with van der Waals surface area (Å²) in [5.41, 5.74) is 2.15. The van der Waals surface area contributed by atoms with Gasteiger partial charge in [0.05, 0.1) is 24.8 Å². The van der Waals surface area contributed by atoms with Crippen LogP contribution < -0.4 is 24.3 Å². The van der Waals surface area contributed by atoms with Crippen molar-refractivity contribution in [3.8, 4) is 23.0 Å². The molecule has 0 radical (unpaired) electrons. The number of morpholine rings is 1. The van der Waals surface area contributed by atoms with Crippen molar-refractivity contribution in [2.75, 3.05) is 59.7 Å². The zero-order valence-electron chi connectivity index (χ0n) is 18.5. The third-order valence-corrected chi connectivity index (χ3v) is 6.13. The topological polar surface area (TPSA) is 61.4 Å². The van der Waals surface area contributed by atoms with Crippen molar-refractivity contribution >= 4 is 15.9 Å². The predicted octanol–water partition coefficient (Wildman–Crippen LogP) is 3.62. The third-order valence-electron chi connectivity index (χ3n) is 5.54. The second kappa shape index (κ2) is 11.7. The quantitative estimate of drug-likeness (QED) is 0.493. The molecule has 0 saturated carbocycles. The summed E-state index contributed by atoms with van der Waals surface area (Å²) in [6.45, 7) is 8.20. The van der Waals surface area contributed by atoms with Gasteiger partial charge in [0.2, 0.25) is 0 Å². The SMILES string of the molecule is COc1cc(CNCCCN2CCOCC2)cc(Br)c1OCc1ccc2c(c1)OCCO2. The van der Waals surface area contributed by atoms with Crippen LogP contribution in [0.4, 0.5) is 0 Å². The summed E-state index contributed by atoms with van der Waals surface area (Å²) < 4.78 is 29.2. The van der Waals surface area contributed by atoms with Crippen LogP contribution in [-0.4, -0.2) is 64.6 Å². The fourth-order valence-corrected chi connectivity index (χ4v) is 4.44. The smallest absolute Gasteiger partial charge is 0.175 e. The van der Waals surface area contributed by atoms with E-state index in [1.807, 2.05) is 24.3 Å². The van der Waals surface area contributed by atoms with Crippen LogP contribution in [0.3, 0.4) is 0 Å². The fraction of sp³-hybridized carbons (Fsp3) is 0.500. The number of nitrogens with zero attached hydrogens (tertiary/aromatic N) is 1. The summed E-state index contributed by atoms with van der Waals surface area (Å²) in [7, 11) is 1.66. The van der Waals surface area contributed by atoms with Crippen LogP contribution in [0, 0.1) is 0 Å². The van der Waals surface area contributed by atoms with Gasteiger partial charge < -0.3 is 29.0 Å². The predicted molar refractivity (Wildman–Crippen MR) is 126 cm³/mol. The van der Waals surface area contributed by atoms with Crippen LogP contribution in [0.25, 0.3) is 0 Å². The van der Waals surface area contributed by atoms with E-state index in [9.17, 15) is 0 Å². The van der Waals surface area contributed by atoms with Crippen LogP contribution in [0.1, 0.15) is 17.5 Å². The number of methoxy groups -OCH3 is 1. The molecule has 174 valence electrons. The second-order valence-corrected chi connectivity index (χ2v) is 8.71. The highest BCUT2D eigenvalue weighted by atomic mass is 79.9. The van der Waals surface area contributed by atoms with Crippen LogP contribution >= 0.6 is 15.9 Å². The Morgan fingerprint density at radius 3 is 2.62 bits per heavy atom. The Labute approximate surface area is 198 Å². The van der Waals surface area contributed by atoms with Gasteiger partial charge in [-0.25, -0.2) is 0 Å². The number of halogens is 1. The molecule has 4 rings (SSSR count). The lowest BCUT2D eigenvalue weighted by Crippen LogP contribution is -2.37. The highest BCUT2D eigenvalue weighted by molar-refractivity contribution is 9.10. The summed E-state index contributed by atoms with van der Waals surface area (Å²) in [4.78, 5) is 2.46. The maximum Gasteiger partial charge on any atom is 0.175 e. The molecule has 7 nitrogen and oxygen atoms in total. The van der Waals surface area contributed by atoms with Gasteiger partial charge in [0, 0.05) is 19.6 Å². The van der Waals surface area contributed by atoms with Crippen molar-refractivity contribution in [1.82, 2.24) is 10.2 Å². The summed E-state index contributed by atoms with van der Waals surface area (Å²) in [5.74, 6) is 2.94. The monoisotopic (exact) mass is 506 g/mol. The number of hydrogen-bond acceptors (Lipinski definition) is 7. The Hall–Kier alpha value is -2.00. The minimum Gasteiger partial charge on any atom is -0.493 e. The Bertz CT molecular complexity index is 889. The van der Waals surface area contributed by atoms with Crippen molar-refractivity contribution in [3.63, 3.8) is 0 Å². The molecule has 2 aromatic carbocycles. The van der Waals surface area contributed by atoms with Crippen LogP contribution in [0.15, 0.2) is 34.8 Å². The van der Waals surface area contributed by atoms with Gasteiger partial charge in [-0.05, 0) is 70.8 Å². The van der Waals surface area contributed by atoms with Crippen molar-refractivity contribution < 1.29 is 23.7 Å². The molecule has 2 aromatic rings. The molecule has 2 aliphatic heterocycles. The highest BCUT2D eigenvalue weighted by Crippen LogP contribution is 2.38. The standard InChI is InChI=1S/C24H31BrN2O5/c1-28-23-15-19(16-26-5-2-6-27-7-9-29-10-8-27)13-20(25)24(23)32-17-18-3-4-21-22(14-18)31-12-11-30-21/h3-4,13-15,26H,2,5-12,16-17H2,1H3. The molecule has 0 aliphatic carbocycles. The van der Waals surface area contributed by atoms with E-state index in [-0.39, 0.29) is 0 Å². The van der Waals surface area contributed by atoms with Crippen molar-refractivity contribution in [3.05, 3.63) is 45.9 Å². The molecule has 0 aromatic heterocycles. The first kappa shape index (κ1) is 23.2. The normalized spacial score (nSPS) is 16.1. The number of hydrogen-bond donors (Lipinski definition) is 1. The fourth-order valence-electron chi connectivity index (χ4n) is 3.83. The van der Waals surface area contributed by atoms with E-state index in [1.165, 1.54) is 0 Å². The van der Waals surface area contributed by atoms with Gasteiger partial charge in [0.15, 0.2) is 23.0 Å². The van der Waals surface area contributed by atoms with E-state index in [4.69, 9.17) is 23.7 Å². The summed E-state index contributed by atoms with van der Waals surface area (Å²) in [6.07, 6.45) is 1.12. The third kappa shape index (κ3) is 6.28. The maximum atomic E-state index is 6.10. The molecule has 0 amide bonds. The van der Waals surface area contributed by atoms with Crippen LogP contribution in [0.2, 0.25) is 0 Å². The van der Waals surface area contributed by atoms with Gasteiger partial charge >= 0.3 is 0 Å². The van der Waals surface area contributed by atoms with Crippen molar-refractivity contribution in [2.45, 2.75) is 19.6 Å². The summed E-state index contributed by atoms with van der Waals surface area (Å²) in [6, 6.07) is 9.98. The van der Waals surface area contributed by atoms with E-state index >= 15 is 0 Å². The highest BCUT2D eigenvalue weighted by Gasteiger charge is 2.15. The Kier molecular flexibility index (Phi) is 8.50. The number of benzene rings is 2. The van der Waals surface area contributed by atoms with E-state index in [0.29, 0.717) is 31.3 Å². The lowest BCUT2D eigenvalue weighted by atomic mass is 10.2. The molecule has 1 N–H and O–H groups in total. The number of fused-ring (bicyclic) bond motifs is 1. The minimum atomic E-state index is 0.407. The molecule has 1 fully saturated rings. The van der Waals surface area contributed by atoms with Gasteiger partial charge in [-0.1, -0.05) is 6.07 Å². The minimum absolute atomic E-state index is 0.407. The second-order valence-electron chi connectivity index (χ2n) is 7.86. The molecule has 8 heteroatoms. The first-order valence-corrected chi connectivity index (χ1v) is 11.9. The van der Waals surface area contributed by atoms with Crippen molar-refractivity contribution in [1.29, 1.82) is 0 Å². The van der Waals surface area contributed by atoms with E-state index < -0.39 is 0 Å². The molecular weight excluding hydrogens is 476 g/mol. The van der Waals surface area contributed by atoms with Gasteiger partial charge in [-0.3, -0.25) is 4.90 Å². The van der Waals surface area contributed by atoms with E-state index in [1.54, 1.807) is 7.11 Å². The average Bonchev–Trinajstić information content (AvgIpc) is 2.83. The molecule has 0 atom stereocenters. The lowest BCUT2D eigenvalue weighted by Gasteiger charge is -2.26. The molecule has 1 saturated heterocycles. The number of rotatable bonds is 10. The van der Waals surface area contributed by atoms with Gasteiger partial charge in [-0.15, -0.1) is 0 Å². The Balaban J connectivity index is 1.28. The summed E-state index contributed by atoms with van der Waals surface area (Å²) in [5, 5.41) is 3.53. The van der Waals surface area contributed by atoms with Gasteiger partial charge in [0.25, 0.3) is 0 Å². The van der Waals surface area contributed by atoms with E-state index in [2.05, 4.69) is 32.2 Å². The van der Waals surface area contributed by atoms with Gasteiger partial charge in [-0.2, -0.15) is 0 Å². The Morgan fingerprint density at radius 2 is 1.81 bits per heavy atom. The largest absolute Gasteiger partial charge is 0.493 e. The molecule has 0 bridgehead atoms. The van der Waals surface area contributed by atoms with Crippen LogP contribution in [-0.2, 0) is 17.9 Å². The zero-order valence-corrected chi connectivity index (χ0v) is 20.1. The molecule has 0 spiro atoms. The van der Waals surface area contributed by atoms with Gasteiger partial charge in [0.1, 0.15) is 19.8 Å². The Morgan fingerprint density at radius 1 is 1.00 bits per heavy atom. The molecule has 2 aliphatic rings. The van der Waals surface area contributed by atoms with Crippen LogP contribution in [0.5, 0.6) is 23.0 Å². The average molecular weight is 507 g/mol. The zero-order chi connectivity index (χ0) is 22.2. The number of nitrogens with one attached hydrogen (secondary N) is 1. The summed E-state index contributed by atoms with van der Waals surface area (Å²) >= 11 is 3.65. The molecule has 2 heterocycles. The molecular formula is C24H31BrN2O5. The van der Waals surface area contributed by atoms with Crippen molar-refractivity contribution in [2.24, 2.45) is 0 Å². The first-order valence-electron chi connectivity index (χ1n) is 11.1. The van der Waals surface area contributed by atoms with E-state index in [0.717, 1.165) is 79.5 Å². The first-order chi connectivity index (χ1) is 15.7. The number of ether oxygens (including phenoxy) is 5.